The van der Waals surface area contributed by atoms with Gasteiger partial charge in [-0.15, -0.1) is 11.8 Å². The molecule has 1 amide bonds. The molecule has 1 saturated carbocycles. The van der Waals surface area contributed by atoms with Crippen molar-refractivity contribution >= 4 is 35.0 Å². The molecule has 1 aliphatic rings. The molecule has 27 heavy (non-hydrogen) atoms. The van der Waals surface area contributed by atoms with Gasteiger partial charge in [-0.2, -0.15) is 0 Å². The fraction of sp³-hybridized carbons (Fsp3) is 0.316. The van der Waals surface area contributed by atoms with Crippen molar-refractivity contribution in [3.05, 3.63) is 58.4 Å². The molecule has 2 aromatic rings. The van der Waals surface area contributed by atoms with Crippen molar-refractivity contribution in [2.24, 2.45) is 5.92 Å². The van der Waals surface area contributed by atoms with Crippen LogP contribution in [0.2, 0.25) is 5.02 Å². The Morgan fingerprint density at radius 2 is 1.85 bits per heavy atom. The van der Waals surface area contributed by atoms with Crippen LogP contribution in [0.3, 0.4) is 0 Å². The molecular weight excluding hydrogens is 399 g/mol. The number of amides is 1. The molecule has 144 valence electrons. The van der Waals surface area contributed by atoms with Gasteiger partial charge in [0.15, 0.2) is 17.5 Å². The molecule has 0 aromatic heterocycles. The third-order valence-corrected chi connectivity index (χ3v) is 6.35. The second kappa shape index (κ2) is 8.12. The van der Waals surface area contributed by atoms with E-state index in [4.69, 9.17) is 11.6 Å². The molecule has 0 heterocycles. The first-order valence-corrected chi connectivity index (χ1v) is 9.60. The predicted octanol–water partition coefficient (Wildman–Crippen LogP) is 5.26. The second-order valence-corrected chi connectivity index (χ2v) is 8.39. The van der Waals surface area contributed by atoms with E-state index in [0.717, 1.165) is 12.8 Å². The third-order valence-electron chi connectivity index (χ3n) is 4.56. The highest BCUT2D eigenvalue weighted by Gasteiger charge is 2.32. The van der Waals surface area contributed by atoms with Crippen LogP contribution in [0.4, 0.5) is 18.9 Å². The number of halogens is 4. The number of aliphatic hydroxyl groups is 1. The zero-order valence-corrected chi connectivity index (χ0v) is 15.9. The monoisotopic (exact) mass is 415 g/mol. The Kier molecular flexibility index (Phi) is 6.03. The summed E-state index contributed by atoms with van der Waals surface area (Å²) in [4.78, 5) is 13.1. The lowest BCUT2D eigenvalue weighted by atomic mass is 9.80. The van der Waals surface area contributed by atoms with Crippen LogP contribution in [-0.2, 0) is 0 Å². The van der Waals surface area contributed by atoms with Crippen molar-refractivity contribution in [1.29, 1.82) is 0 Å². The Morgan fingerprint density at radius 3 is 2.44 bits per heavy atom. The summed E-state index contributed by atoms with van der Waals surface area (Å²) in [5.74, 6) is -4.56. The molecule has 0 saturated heterocycles. The van der Waals surface area contributed by atoms with Crippen molar-refractivity contribution in [1.82, 2.24) is 0 Å². The third kappa shape index (κ3) is 4.59. The number of hydrogen-bond acceptors (Lipinski definition) is 3. The number of carbonyl (C=O) groups excluding carboxylic acids is 1. The normalized spacial score (nSPS) is 20.1. The zero-order chi connectivity index (χ0) is 19.7. The van der Waals surface area contributed by atoms with Gasteiger partial charge in [0.2, 0.25) is 0 Å². The van der Waals surface area contributed by atoms with Gasteiger partial charge in [-0.3, -0.25) is 4.79 Å². The minimum atomic E-state index is -1.59. The van der Waals surface area contributed by atoms with Crippen LogP contribution in [0.15, 0.2) is 35.2 Å². The topological polar surface area (TPSA) is 49.3 Å². The number of rotatable bonds is 5. The van der Waals surface area contributed by atoms with Crippen LogP contribution in [0, 0.1) is 23.4 Å². The van der Waals surface area contributed by atoms with Crippen LogP contribution < -0.4 is 5.32 Å². The summed E-state index contributed by atoms with van der Waals surface area (Å²) in [6.45, 7) is 2.04. The summed E-state index contributed by atoms with van der Waals surface area (Å²) in [6, 6.07) is 6.10. The van der Waals surface area contributed by atoms with Crippen molar-refractivity contribution in [2.45, 2.75) is 36.0 Å². The molecule has 1 aliphatic carbocycles. The van der Waals surface area contributed by atoms with Gasteiger partial charge in [-0.05, 0) is 37.0 Å². The largest absolute Gasteiger partial charge is 0.393 e. The summed E-state index contributed by atoms with van der Waals surface area (Å²) in [7, 11) is 0. The zero-order valence-electron chi connectivity index (χ0n) is 14.3. The lowest BCUT2D eigenvalue weighted by Crippen LogP contribution is -2.34. The Balaban J connectivity index is 1.73. The molecule has 1 fully saturated rings. The molecule has 8 heteroatoms. The summed E-state index contributed by atoms with van der Waals surface area (Å²) in [5, 5.41) is 12.5. The summed E-state index contributed by atoms with van der Waals surface area (Å²) < 4.78 is 39.6. The van der Waals surface area contributed by atoms with E-state index in [1.54, 1.807) is 12.1 Å². The first kappa shape index (κ1) is 20.0. The minimum Gasteiger partial charge on any atom is -0.393 e. The van der Waals surface area contributed by atoms with Crippen molar-refractivity contribution < 1.29 is 23.1 Å². The van der Waals surface area contributed by atoms with Gasteiger partial charge >= 0.3 is 0 Å². The minimum absolute atomic E-state index is 0.183. The summed E-state index contributed by atoms with van der Waals surface area (Å²) in [5.41, 5.74) is 0.0743. The fourth-order valence-corrected chi connectivity index (χ4v) is 4.32. The van der Waals surface area contributed by atoms with Crippen molar-refractivity contribution in [3.8, 4) is 0 Å². The van der Waals surface area contributed by atoms with Crippen LogP contribution in [0.1, 0.15) is 30.1 Å². The first-order valence-electron chi connectivity index (χ1n) is 8.34. The maximum Gasteiger partial charge on any atom is 0.255 e. The van der Waals surface area contributed by atoms with Gasteiger partial charge in [0, 0.05) is 33.5 Å². The van der Waals surface area contributed by atoms with E-state index in [0.29, 0.717) is 28.0 Å². The highest BCUT2D eigenvalue weighted by molar-refractivity contribution is 8.00. The highest BCUT2D eigenvalue weighted by Crippen LogP contribution is 2.41. The molecule has 1 atom stereocenters. The van der Waals surface area contributed by atoms with E-state index >= 15 is 0 Å². The first-order chi connectivity index (χ1) is 12.7. The molecule has 3 nitrogen and oxygen atoms in total. The van der Waals surface area contributed by atoms with E-state index in [2.05, 4.69) is 5.32 Å². The van der Waals surface area contributed by atoms with Crippen LogP contribution in [0.5, 0.6) is 0 Å². The van der Waals surface area contributed by atoms with Crippen LogP contribution in [-0.4, -0.2) is 22.4 Å². The van der Waals surface area contributed by atoms with Gasteiger partial charge in [-0.25, -0.2) is 13.2 Å². The molecule has 2 N–H and O–H groups in total. The highest BCUT2D eigenvalue weighted by atomic mass is 35.5. The Hall–Kier alpha value is -1.70. The number of carbonyl (C=O) groups is 1. The van der Waals surface area contributed by atoms with E-state index in [-0.39, 0.29) is 22.6 Å². The Bertz CT molecular complexity index is 851. The maximum absolute atomic E-state index is 13.3. The standard InChI is InChI=1S/C19H17ClF3NO2S/c1-9(11-4-13(25)5-11)27-17-6-10(2-3-14(17)20)19(26)24-12-7-15(21)18(23)16(22)8-12/h2-3,6-9,11,13,25H,4-5H2,1H3,(H,24,26)/t9?,11-,13+. The van der Waals surface area contributed by atoms with E-state index in [1.165, 1.54) is 17.8 Å². The molecular formula is C19H17ClF3NO2S. The average Bonchev–Trinajstić information content (AvgIpc) is 2.58. The number of thioether (sulfide) groups is 1. The molecule has 3 rings (SSSR count). The number of nitrogens with one attached hydrogen (secondary N) is 1. The van der Waals surface area contributed by atoms with Gasteiger partial charge in [0.05, 0.1) is 11.1 Å². The average molecular weight is 416 g/mol. The van der Waals surface area contributed by atoms with Gasteiger partial charge in [0.25, 0.3) is 5.91 Å². The smallest absolute Gasteiger partial charge is 0.255 e. The van der Waals surface area contributed by atoms with Gasteiger partial charge in [-0.1, -0.05) is 18.5 Å². The molecule has 0 radical (unpaired) electrons. The Morgan fingerprint density at radius 1 is 1.22 bits per heavy atom. The van der Waals surface area contributed by atoms with Crippen molar-refractivity contribution in [3.63, 3.8) is 0 Å². The van der Waals surface area contributed by atoms with E-state index in [9.17, 15) is 23.1 Å². The van der Waals surface area contributed by atoms with Crippen LogP contribution >= 0.6 is 23.4 Å². The summed E-state index contributed by atoms with van der Waals surface area (Å²) in [6.07, 6.45) is 1.24. The lowest BCUT2D eigenvalue weighted by molar-refractivity contribution is 0.0439. The quantitative estimate of drug-likeness (QED) is 0.517. The number of hydrogen-bond donors (Lipinski definition) is 2. The molecule has 0 aliphatic heterocycles. The molecule has 0 bridgehead atoms. The number of anilines is 1. The second-order valence-electron chi connectivity index (χ2n) is 6.56. The van der Waals surface area contributed by atoms with E-state index < -0.39 is 23.4 Å². The van der Waals surface area contributed by atoms with Gasteiger partial charge in [0.1, 0.15) is 0 Å². The molecule has 0 spiro atoms. The fourth-order valence-electron chi connectivity index (χ4n) is 2.88. The Labute approximate surface area is 163 Å². The number of aliphatic hydroxyl groups excluding tert-OH is 1. The van der Waals surface area contributed by atoms with Crippen LogP contribution in [0.25, 0.3) is 0 Å². The van der Waals surface area contributed by atoms with Gasteiger partial charge < -0.3 is 10.4 Å². The van der Waals surface area contributed by atoms with Crippen molar-refractivity contribution in [2.75, 3.05) is 5.32 Å². The maximum atomic E-state index is 13.3. The lowest BCUT2D eigenvalue weighted by Gasteiger charge is -2.35. The molecule has 1 unspecified atom stereocenters. The predicted molar refractivity (Wildman–Crippen MR) is 99.8 cm³/mol. The van der Waals surface area contributed by atoms with E-state index in [1.807, 2.05) is 6.92 Å². The SMILES string of the molecule is CC(Sc1cc(C(=O)Nc2cc(F)c(F)c(F)c2)ccc1Cl)[C@H]1C[C@@H](O)C1. The molecule has 2 aromatic carbocycles. The summed E-state index contributed by atoms with van der Waals surface area (Å²) >= 11 is 7.72. The number of benzene rings is 2.